The van der Waals surface area contributed by atoms with E-state index in [4.69, 9.17) is 23.2 Å². The van der Waals surface area contributed by atoms with Gasteiger partial charge in [0.05, 0.1) is 0 Å². The zero-order valence-electron chi connectivity index (χ0n) is 19.5. The van der Waals surface area contributed by atoms with Crippen molar-refractivity contribution in [1.82, 2.24) is 0 Å². The molecule has 0 fully saturated rings. The molecule has 0 aromatic heterocycles. The van der Waals surface area contributed by atoms with Crippen molar-refractivity contribution in [2.75, 3.05) is 24.8 Å². The minimum atomic E-state index is -4.96. The number of hydrogen-bond donors (Lipinski definition) is 2. The fourth-order valence-corrected chi connectivity index (χ4v) is 4.55. The van der Waals surface area contributed by atoms with E-state index < -0.39 is 41.8 Å². The molecule has 0 heterocycles. The molecule has 0 aliphatic rings. The Kier molecular flexibility index (Phi) is 15.9. The van der Waals surface area contributed by atoms with Crippen molar-refractivity contribution >= 4 is 55.2 Å². The molecule has 10 nitrogen and oxygen atoms in total. The second-order valence-electron chi connectivity index (χ2n) is 6.83. The van der Waals surface area contributed by atoms with Crippen molar-refractivity contribution in [2.45, 2.75) is 22.6 Å². The molecule has 2 N–H and O–H groups in total. The van der Waals surface area contributed by atoms with Gasteiger partial charge in [0, 0.05) is 36.0 Å². The standard InChI is InChI=1S/C20H22Cl2N2O8S2.2Na/c21-7-1-9-23-19(25)13-3-5-15(17(11-13)33(27,28)29)16-6-4-14(12-18(16)34(30,31)32)20(26)24-10-2-8-22;;/h3-6,11-12H,1-2,7-10H2,(H,23,25)(H,24,26)(H,27,28,29)(H,30,31,32);;/q;2*+1/p-2. The summed E-state index contributed by atoms with van der Waals surface area (Å²) in [4.78, 5) is 5.89. The van der Waals surface area contributed by atoms with E-state index in [9.17, 15) is 36.2 Å². The monoisotopic (exact) mass is 596 g/mol. The summed E-state index contributed by atoms with van der Waals surface area (Å²) in [5.74, 6) is -1.00. The summed E-state index contributed by atoms with van der Waals surface area (Å²) in [6.07, 6.45) is 0.828. The van der Waals surface area contributed by atoms with Crippen molar-refractivity contribution in [1.29, 1.82) is 0 Å². The first-order valence-electron chi connectivity index (χ1n) is 9.69. The number of hydrogen-bond acceptors (Lipinski definition) is 8. The van der Waals surface area contributed by atoms with Gasteiger partial charge in [-0.3, -0.25) is 9.11 Å². The van der Waals surface area contributed by atoms with Gasteiger partial charge in [-0.25, -0.2) is 0 Å². The van der Waals surface area contributed by atoms with Crippen LogP contribution in [0.5, 0.6) is 0 Å². The maximum absolute atomic E-state index is 12.2. The van der Waals surface area contributed by atoms with Crippen LogP contribution < -0.4 is 69.3 Å². The quantitative estimate of drug-likeness (QED) is 0.0648. The van der Waals surface area contributed by atoms with E-state index in [1.807, 2.05) is 0 Å². The average Bonchev–Trinajstić information content (AvgIpc) is 2.77. The number of halogens is 2. The molecule has 0 atom stereocenters. The van der Waals surface area contributed by atoms with Crippen LogP contribution in [0.15, 0.2) is 56.2 Å². The molecule has 186 valence electrons. The largest absolute Gasteiger partial charge is 1.00 e. The molecule has 2 aromatic carbocycles. The first-order valence-corrected chi connectivity index (χ1v) is 13.6. The molecule has 0 saturated carbocycles. The Bertz CT molecular complexity index is 1220. The van der Waals surface area contributed by atoms with Crippen molar-refractivity contribution in [3.63, 3.8) is 0 Å². The van der Waals surface area contributed by atoms with E-state index in [0.29, 0.717) is 12.8 Å². The van der Waals surface area contributed by atoms with Crippen LogP contribution in [-0.4, -0.2) is 62.6 Å². The second kappa shape index (κ2) is 16.0. The van der Waals surface area contributed by atoms with Gasteiger partial charge in [-0.15, -0.1) is 23.2 Å². The Morgan fingerprint density at radius 3 is 1.33 bits per heavy atom. The van der Waals surface area contributed by atoms with E-state index >= 15 is 0 Å². The summed E-state index contributed by atoms with van der Waals surface area (Å²) in [6, 6.07) is 6.22. The van der Waals surface area contributed by atoms with Gasteiger partial charge in [0.25, 0.3) is 20.2 Å². The summed E-state index contributed by atoms with van der Waals surface area (Å²) in [5.41, 5.74) is -1.01. The van der Waals surface area contributed by atoms with Crippen LogP contribution in [-0.2, 0) is 20.2 Å². The third-order valence-corrected chi connectivity index (χ3v) is 6.72. The molecular weight excluding hydrogens is 577 g/mol. The molecule has 36 heavy (non-hydrogen) atoms. The topological polar surface area (TPSA) is 180 Å². The Morgan fingerprint density at radius 2 is 1.06 bits per heavy atom. The Morgan fingerprint density at radius 1 is 0.722 bits per heavy atom. The van der Waals surface area contributed by atoms with Crippen molar-refractivity contribution in [2.24, 2.45) is 9.98 Å². The number of benzene rings is 2. The van der Waals surface area contributed by atoms with Crippen LogP contribution in [0.1, 0.15) is 24.0 Å². The summed E-state index contributed by atoms with van der Waals surface area (Å²) < 4.78 is 67.7. The number of alkyl halides is 2. The van der Waals surface area contributed by atoms with Crippen molar-refractivity contribution in [3.8, 4) is 11.1 Å². The average molecular weight is 597 g/mol. The van der Waals surface area contributed by atoms with Crippen LogP contribution in [0.3, 0.4) is 0 Å². The Labute approximate surface area is 263 Å². The fourth-order valence-electron chi connectivity index (χ4n) is 2.85. The molecule has 0 bridgehead atoms. The zero-order valence-corrected chi connectivity index (χ0v) is 26.7. The Balaban J connectivity index is 0.00000612. The van der Waals surface area contributed by atoms with Gasteiger partial charge in [-0.2, -0.15) is 16.8 Å². The van der Waals surface area contributed by atoms with Gasteiger partial charge < -0.3 is 20.2 Å². The molecule has 0 unspecified atom stereocenters. The molecule has 0 aliphatic carbocycles. The van der Waals surface area contributed by atoms with E-state index in [1.54, 1.807) is 0 Å². The van der Waals surface area contributed by atoms with Crippen LogP contribution in [0, 0.1) is 0 Å². The molecule has 2 rings (SSSR count). The van der Waals surface area contributed by atoms with Crippen LogP contribution in [0.2, 0.25) is 0 Å². The van der Waals surface area contributed by atoms with Gasteiger partial charge in [0.2, 0.25) is 0 Å². The van der Waals surface area contributed by atoms with Crippen molar-refractivity contribution < 1.29 is 95.3 Å². The molecule has 0 radical (unpaired) electrons. The minimum Gasteiger partial charge on any atom is -0.858 e. The third kappa shape index (κ3) is 10.2. The molecule has 0 saturated heterocycles. The number of aliphatic imine (C=N–C) groups is 2. The van der Waals surface area contributed by atoms with Crippen LogP contribution >= 0.6 is 23.2 Å². The maximum atomic E-state index is 12.2. The third-order valence-electron chi connectivity index (χ3n) is 4.40. The normalized spacial score (nSPS) is 12.6. The number of nitrogens with zero attached hydrogens (tertiary/aromatic N) is 2. The molecular formula is C20H20Cl2N2Na2O8S2. The van der Waals surface area contributed by atoms with E-state index in [1.165, 1.54) is 12.1 Å². The van der Waals surface area contributed by atoms with Crippen molar-refractivity contribution in [3.05, 3.63) is 47.5 Å². The number of rotatable bonds is 11. The maximum Gasteiger partial charge on any atom is 1.00 e. The minimum absolute atomic E-state index is 0. The van der Waals surface area contributed by atoms with Gasteiger partial charge in [0.1, 0.15) is 9.79 Å². The van der Waals surface area contributed by atoms with E-state index in [0.717, 1.165) is 24.3 Å². The molecule has 0 aliphatic heterocycles. The molecule has 0 amide bonds. The van der Waals surface area contributed by atoms with Gasteiger partial charge in [0.15, 0.2) is 0 Å². The molecule has 16 heteroatoms. The zero-order chi connectivity index (χ0) is 25.5. The van der Waals surface area contributed by atoms with E-state index in [2.05, 4.69) is 9.98 Å². The van der Waals surface area contributed by atoms with Gasteiger partial charge in [-0.05, 0) is 47.9 Å². The first-order chi connectivity index (χ1) is 15.9. The predicted octanol–water partition coefficient (Wildman–Crippen LogP) is -4.67. The summed E-state index contributed by atoms with van der Waals surface area (Å²) >= 11 is 11.1. The molecule has 2 aromatic rings. The Hall–Kier alpha value is -0.220. The van der Waals surface area contributed by atoms with Crippen LogP contribution in [0.4, 0.5) is 0 Å². The van der Waals surface area contributed by atoms with Gasteiger partial charge >= 0.3 is 59.1 Å². The summed E-state index contributed by atoms with van der Waals surface area (Å²) in [5, 5.41) is 24.4. The molecule has 0 spiro atoms. The smallest absolute Gasteiger partial charge is 0.858 e. The second-order valence-corrected chi connectivity index (χ2v) is 10.4. The summed E-state index contributed by atoms with van der Waals surface area (Å²) in [6.45, 7) is 0.202. The SMILES string of the molecule is O=S(=O)(O)c1cc(C([O-])=NCCCCl)ccc1-c1ccc(C([O-])=NCCCCl)cc1S(=O)(=O)O.[Na+].[Na+]. The summed E-state index contributed by atoms with van der Waals surface area (Å²) in [7, 11) is -9.91. The van der Waals surface area contributed by atoms with Gasteiger partial charge in [-0.1, -0.05) is 24.3 Å². The fraction of sp³-hybridized carbons (Fsp3) is 0.300. The van der Waals surface area contributed by atoms with Crippen LogP contribution in [0.25, 0.3) is 11.1 Å². The predicted molar refractivity (Wildman–Crippen MR) is 125 cm³/mol. The first kappa shape index (κ1) is 35.8. The van der Waals surface area contributed by atoms with E-state index in [-0.39, 0.29) is 106 Å².